The van der Waals surface area contributed by atoms with Gasteiger partial charge in [-0.1, -0.05) is 48.6 Å². The van der Waals surface area contributed by atoms with Crippen LogP contribution in [0.3, 0.4) is 0 Å². The number of hydrogen-bond acceptors (Lipinski definition) is 3. The fourth-order valence-corrected chi connectivity index (χ4v) is 3.43. The van der Waals surface area contributed by atoms with Crippen LogP contribution in [0.4, 0.5) is 5.69 Å². The normalized spacial score (nSPS) is 18.3. The van der Waals surface area contributed by atoms with Gasteiger partial charge in [-0.15, -0.1) is 0 Å². The molecule has 0 spiro atoms. The molecular formula is C21H21NO2. The Kier molecular flexibility index (Phi) is 4.20. The quantitative estimate of drug-likeness (QED) is 0.857. The summed E-state index contributed by atoms with van der Waals surface area (Å²) in [6.07, 6.45) is 7.20. The first-order valence-electron chi connectivity index (χ1n) is 8.43. The van der Waals surface area contributed by atoms with E-state index in [4.69, 9.17) is 9.84 Å². The lowest BCUT2D eigenvalue weighted by Gasteiger charge is -2.28. The van der Waals surface area contributed by atoms with Gasteiger partial charge in [0.05, 0.1) is 6.61 Å². The lowest BCUT2D eigenvalue weighted by Crippen LogP contribution is -2.42. The van der Waals surface area contributed by atoms with Gasteiger partial charge in [-0.25, -0.2) is 0 Å². The molecule has 1 unspecified atom stereocenters. The highest BCUT2D eigenvalue weighted by Crippen LogP contribution is 2.24. The molecule has 0 bridgehead atoms. The van der Waals surface area contributed by atoms with Gasteiger partial charge >= 0.3 is 0 Å². The van der Waals surface area contributed by atoms with E-state index in [0.717, 1.165) is 6.54 Å². The second-order valence-corrected chi connectivity index (χ2v) is 6.16. The van der Waals surface area contributed by atoms with Crippen LogP contribution >= 0.6 is 0 Å². The number of hydrogen-bond donors (Lipinski definition) is 1. The SMILES string of the molecule is OCCCOC1C=CC2=c3c1cccc3=CN(c1ccccc1)C2. The summed E-state index contributed by atoms with van der Waals surface area (Å²) in [7, 11) is 0. The van der Waals surface area contributed by atoms with E-state index in [0.29, 0.717) is 13.0 Å². The number of anilines is 1. The topological polar surface area (TPSA) is 32.7 Å². The van der Waals surface area contributed by atoms with E-state index in [1.165, 1.54) is 27.3 Å². The number of aliphatic hydroxyl groups excluding tert-OH is 1. The van der Waals surface area contributed by atoms with Crippen molar-refractivity contribution in [2.24, 2.45) is 0 Å². The molecule has 0 saturated carbocycles. The standard InChI is InChI=1S/C21H21NO2/c23-12-5-13-24-20-11-10-17-15-22(18-7-2-1-3-8-18)14-16-6-4-9-19(20)21(16)17/h1-4,6-11,14,20,23H,5,12-13,15H2. The summed E-state index contributed by atoms with van der Waals surface area (Å²) in [5.41, 5.74) is 3.76. The van der Waals surface area contributed by atoms with Gasteiger partial charge in [0, 0.05) is 25.0 Å². The maximum absolute atomic E-state index is 8.95. The van der Waals surface area contributed by atoms with E-state index in [1.807, 2.05) is 6.07 Å². The minimum absolute atomic E-state index is 0.0214. The summed E-state index contributed by atoms with van der Waals surface area (Å²) in [6.45, 7) is 1.61. The van der Waals surface area contributed by atoms with Crippen LogP contribution in [-0.4, -0.2) is 24.9 Å². The molecule has 1 atom stereocenters. The minimum atomic E-state index is -0.0214. The highest BCUT2D eigenvalue weighted by atomic mass is 16.5. The Morgan fingerprint density at radius 2 is 1.96 bits per heavy atom. The monoisotopic (exact) mass is 319 g/mol. The van der Waals surface area contributed by atoms with Gasteiger partial charge in [-0.2, -0.15) is 0 Å². The van der Waals surface area contributed by atoms with Crippen LogP contribution in [0.2, 0.25) is 0 Å². The molecule has 3 heteroatoms. The van der Waals surface area contributed by atoms with E-state index in [9.17, 15) is 0 Å². The summed E-state index contributed by atoms with van der Waals surface area (Å²) in [5.74, 6) is 0. The lowest BCUT2D eigenvalue weighted by molar-refractivity contribution is 0.0720. The van der Waals surface area contributed by atoms with Crippen LogP contribution in [0.15, 0.2) is 60.7 Å². The van der Waals surface area contributed by atoms with Crippen molar-refractivity contribution in [3.63, 3.8) is 0 Å². The molecule has 2 aliphatic rings. The molecule has 0 aromatic heterocycles. The molecule has 2 aromatic rings. The molecule has 4 rings (SSSR count). The van der Waals surface area contributed by atoms with Gasteiger partial charge in [0.1, 0.15) is 6.10 Å². The van der Waals surface area contributed by atoms with Crippen LogP contribution in [0.5, 0.6) is 0 Å². The maximum atomic E-state index is 8.95. The molecule has 2 aromatic carbocycles. The highest BCUT2D eigenvalue weighted by molar-refractivity contribution is 5.74. The molecular weight excluding hydrogens is 298 g/mol. The first-order chi connectivity index (χ1) is 11.9. The van der Waals surface area contributed by atoms with Crippen LogP contribution < -0.4 is 15.3 Å². The highest BCUT2D eigenvalue weighted by Gasteiger charge is 2.20. The molecule has 1 N–H and O–H groups in total. The Bertz CT molecular complexity index is 870. The van der Waals surface area contributed by atoms with Crippen molar-refractivity contribution in [3.8, 4) is 0 Å². The number of ether oxygens (including phenoxy) is 1. The number of benzene rings is 2. The molecule has 1 aliphatic carbocycles. The summed E-state index contributed by atoms with van der Waals surface area (Å²) in [6, 6.07) is 16.9. The fraction of sp³-hybridized carbons (Fsp3) is 0.238. The number of para-hydroxylation sites is 1. The van der Waals surface area contributed by atoms with Gasteiger partial charge in [-0.05, 0) is 40.1 Å². The summed E-state index contributed by atoms with van der Waals surface area (Å²) >= 11 is 0. The van der Waals surface area contributed by atoms with Crippen LogP contribution in [0, 0.1) is 0 Å². The number of rotatable bonds is 5. The summed E-state index contributed by atoms with van der Waals surface area (Å²) in [4.78, 5) is 2.29. The second-order valence-electron chi connectivity index (χ2n) is 6.16. The van der Waals surface area contributed by atoms with E-state index in [2.05, 4.69) is 65.7 Å². The molecule has 24 heavy (non-hydrogen) atoms. The Labute approximate surface area is 141 Å². The van der Waals surface area contributed by atoms with E-state index in [-0.39, 0.29) is 12.7 Å². The van der Waals surface area contributed by atoms with E-state index < -0.39 is 0 Å². The zero-order valence-electron chi connectivity index (χ0n) is 13.6. The third-order valence-corrected chi connectivity index (χ3v) is 4.55. The summed E-state index contributed by atoms with van der Waals surface area (Å²) < 4.78 is 5.95. The Morgan fingerprint density at radius 3 is 2.79 bits per heavy atom. The van der Waals surface area contributed by atoms with Gasteiger partial charge in [0.15, 0.2) is 0 Å². The maximum Gasteiger partial charge on any atom is 0.102 e. The largest absolute Gasteiger partial charge is 0.396 e. The Hall–Kier alpha value is -2.36. The van der Waals surface area contributed by atoms with Crippen molar-refractivity contribution in [1.29, 1.82) is 0 Å². The van der Waals surface area contributed by atoms with Crippen molar-refractivity contribution in [3.05, 3.63) is 76.7 Å². The first-order valence-corrected chi connectivity index (χ1v) is 8.43. The van der Waals surface area contributed by atoms with Crippen molar-refractivity contribution < 1.29 is 9.84 Å². The zero-order valence-corrected chi connectivity index (χ0v) is 13.6. The molecule has 0 amide bonds. The van der Waals surface area contributed by atoms with Gasteiger partial charge < -0.3 is 14.7 Å². The van der Waals surface area contributed by atoms with Crippen molar-refractivity contribution >= 4 is 17.5 Å². The third kappa shape index (κ3) is 2.77. The molecule has 0 radical (unpaired) electrons. The predicted octanol–water partition coefficient (Wildman–Crippen LogP) is 2.11. The van der Waals surface area contributed by atoms with Crippen molar-refractivity contribution in [2.75, 3.05) is 24.7 Å². The van der Waals surface area contributed by atoms with Gasteiger partial charge in [-0.3, -0.25) is 0 Å². The smallest absolute Gasteiger partial charge is 0.102 e. The minimum Gasteiger partial charge on any atom is -0.396 e. The lowest BCUT2D eigenvalue weighted by atomic mass is 9.93. The molecule has 1 aliphatic heterocycles. The predicted molar refractivity (Wildman–Crippen MR) is 96.9 cm³/mol. The Morgan fingerprint density at radius 1 is 1.08 bits per heavy atom. The van der Waals surface area contributed by atoms with E-state index in [1.54, 1.807) is 0 Å². The Balaban J connectivity index is 1.73. The molecule has 0 saturated heterocycles. The fourth-order valence-electron chi connectivity index (χ4n) is 3.43. The molecule has 0 fully saturated rings. The molecule has 1 heterocycles. The average molecular weight is 319 g/mol. The zero-order chi connectivity index (χ0) is 16.4. The molecule has 3 nitrogen and oxygen atoms in total. The second kappa shape index (κ2) is 6.63. The van der Waals surface area contributed by atoms with E-state index >= 15 is 0 Å². The third-order valence-electron chi connectivity index (χ3n) is 4.55. The van der Waals surface area contributed by atoms with Crippen molar-refractivity contribution in [1.82, 2.24) is 0 Å². The summed E-state index contributed by atoms with van der Waals surface area (Å²) in [5, 5.41) is 11.5. The van der Waals surface area contributed by atoms with Crippen LogP contribution in [0.1, 0.15) is 18.1 Å². The molecule has 122 valence electrons. The van der Waals surface area contributed by atoms with Crippen LogP contribution in [0.25, 0.3) is 11.8 Å². The van der Waals surface area contributed by atoms with Gasteiger partial charge in [0.2, 0.25) is 0 Å². The van der Waals surface area contributed by atoms with Gasteiger partial charge in [0.25, 0.3) is 0 Å². The first kappa shape index (κ1) is 15.2. The van der Waals surface area contributed by atoms with Crippen molar-refractivity contribution in [2.45, 2.75) is 12.5 Å². The van der Waals surface area contributed by atoms with Crippen LogP contribution in [-0.2, 0) is 4.74 Å². The number of nitrogens with zero attached hydrogens (tertiary/aromatic N) is 1. The number of aliphatic hydroxyl groups is 1. The average Bonchev–Trinajstić information content (AvgIpc) is 2.64.